The lowest BCUT2D eigenvalue weighted by molar-refractivity contribution is -0.120. The zero-order valence-electron chi connectivity index (χ0n) is 9.60. The van der Waals surface area contributed by atoms with Crippen LogP contribution in [0.15, 0.2) is 16.8 Å². The number of hydrogen-bond acceptors (Lipinski definition) is 4. The Bertz CT molecular complexity index is 363. The summed E-state index contributed by atoms with van der Waals surface area (Å²) < 4.78 is 0. The van der Waals surface area contributed by atoms with Gasteiger partial charge in [0.1, 0.15) is 0 Å². The molecule has 0 aliphatic rings. The topological polar surface area (TPSA) is 78.4 Å². The molecule has 0 radical (unpaired) electrons. The first-order valence-corrected chi connectivity index (χ1v) is 6.29. The highest BCUT2D eigenvalue weighted by atomic mass is 32.1. The molecule has 17 heavy (non-hydrogen) atoms. The predicted octanol–water partition coefficient (Wildman–Crippen LogP) is 0.365. The number of aliphatic hydroxyl groups is 1. The Morgan fingerprint density at radius 3 is 2.82 bits per heavy atom. The highest BCUT2D eigenvalue weighted by Gasteiger charge is 2.07. The van der Waals surface area contributed by atoms with E-state index in [9.17, 15) is 9.59 Å². The summed E-state index contributed by atoms with van der Waals surface area (Å²) in [6, 6.07) is 1.70. The normalized spacial score (nSPS) is 11.9. The Hall–Kier alpha value is -1.40. The highest BCUT2D eigenvalue weighted by Crippen LogP contribution is 2.04. The van der Waals surface area contributed by atoms with Gasteiger partial charge in [0.05, 0.1) is 12.6 Å². The van der Waals surface area contributed by atoms with E-state index in [1.54, 1.807) is 23.8 Å². The predicted molar refractivity (Wildman–Crippen MR) is 66.0 cm³/mol. The van der Waals surface area contributed by atoms with Crippen molar-refractivity contribution in [1.82, 2.24) is 10.6 Å². The third-order valence-electron chi connectivity index (χ3n) is 2.08. The van der Waals surface area contributed by atoms with Crippen LogP contribution in [0.25, 0.3) is 0 Å². The molecule has 0 aliphatic carbocycles. The van der Waals surface area contributed by atoms with Crippen LogP contribution in [-0.4, -0.2) is 36.1 Å². The minimum absolute atomic E-state index is 0.0471. The van der Waals surface area contributed by atoms with E-state index in [1.807, 2.05) is 0 Å². The molecule has 1 unspecified atom stereocenters. The van der Waals surface area contributed by atoms with E-state index >= 15 is 0 Å². The number of thiophene rings is 1. The minimum Gasteiger partial charge on any atom is -0.393 e. The molecule has 5 nitrogen and oxygen atoms in total. The van der Waals surface area contributed by atoms with Gasteiger partial charge in [-0.2, -0.15) is 11.3 Å². The van der Waals surface area contributed by atoms with Gasteiger partial charge in [-0.1, -0.05) is 0 Å². The van der Waals surface area contributed by atoms with Gasteiger partial charge < -0.3 is 15.7 Å². The first kappa shape index (κ1) is 13.7. The van der Waals surface area contributed by atoms with Crippen LogP contribution in [0.3, 0.4) is 0 Å². The van der Waals surface area contributed by atoms with Gasteiger partial charge in [0, 0.05) is 17.5 Å². The van der Waals surface area contributed by atoms with Crippen LogP contribution < -0.4 is 10.6 Å². The third kappa shape index (κ3) is 5.46. The maximum Gasteiger partial charge on any atom is 0.252 e. The molecule has 1 heterocycles. The van der Waals surface area contributed by atoms with Crippen molar-refractivity contribution in [2.45, 2.75) is 19.4 Å². The van der Waals surface area contributed by atoms with Crippen LogP contribution in [-0.2, 0) is 4.79 Å². The number of carbonyl (C=O) groups is 2. The average Bonchev–Trinajstić information content (AvgIpc) is 2.78. The lowest BCUT2D eigenvalue weighted by Gasteiger charge is -2.07. The zero-order chi connectivity index (χ0) is 12.7. The maximum absolute atomic E-state index is 11.5. The van der Waals surface area contributed by atoms with Crippen LogP contribution in [0.5, 0.6) is 0 Å². The fraction of sp³-hybridized carbons (Fsp3) is 0.455. The molecule has 1 atom stereocenters. The van der Waals surface area contributed by atoms with E-state index in [0.29, 0.717) is 18.5 Å². The molecule has 2 amide bonds. The van der Waals surface area contributed by atoms with Gasteiger partial charge in [-0.15, -0.1) is 0 Å². The molecule has 0 bridgehead atoms. The van der Waals surface area contributed by atoms with E-state index in [4.69, 9.17) is 5.11 Å². The summed E-state index contributed by atoms with van der Waals surface area (Å²) in [5.41, 5.74) is 0.562. The van der Waals surface area contributed by atoms with E-state index in [-0.39, 0.29) is 18.4 Å². The van der Waals surface area contributed by atoms with Gasteiger partial charge in [0.15, 0.2) is 0 Å². The fourth-order valence-corrected chi connectivity index (χ4v) is 1.78. The van der Waals surface area contributed by atoms with E-state index in [1.165, 1.54) is 11.3 Å². The van der Waals surface area contributed by atoms with E-state index < -0.39 is 6.10 Å². The fourth-order valence-electron chi connectivity index (χ4n) is 1.14. The molecule has 94 valence electrons. The lowest BCUT2D eigenvalue weighted by atomic mass is 10.3. The SMILES string of the molecule is CC(O)CCNC(=O)CNC(=O)c1ccsc1. The first-order valence-electron chi connectivity index (χ1n) is 5.34. The van der Waals surface area contributed by atoms with E-state index in [0.717, 1.165) is 0 Å². The number of hydrogen-bond donors (Lipinski definition) is 3. The molecule has 6 heteroatoms. The number of rotatable bonds is 6. The number of carbonyl (C=O) groups excluding carboxylic acids is 2. The van der Waals surface area contributed by atoms with Crippen LogP contribution in [0.1, 0.15) is 23.7 Å². The summed E-state index contributed by atoms with van der Waals surface area (Å²) in [5, 5.41) is 17.6. The van der Waals surface area contributed by atoms with Crippen LogP contribution in [0, 0.1) is 0 Å². The van der Waals surface area contributed by atoms with Crippen LogP contribution in [0.2, 0.25) is 0 Å². The van der Waals surface area contributed by atoms with Crippen molar-refractivity contribution < 1.29 is 14.7 Å². The van der Waals surface area contributed by atoms with Crippen molar-refractivity contribution in [2.24, 2.45) is 0 Å². The molecule has 0 fully saturated rings. The van der Waals surface area contributed by atoms with Crippen LogP contribution in [0.4, 0.5) is 0 Å². The number of aliphatic hydroxyl groups excluding tert-OH is 1. The molecular formula is C11H16N2O3S. The lowest BCUT2D eigenvalue weighted by Crippen LogP contribution is -2.37. The summed E-state index contributed by atoms with van der Waals surface area (Å²) in [4.78, 5) is 22.8. The third-order valence-corrected chi connectivity index (χ3v) is 2.76. The maximum atomic E-state index is 11.5. The van der Waals surface area contributed by atoms with Gasteiger partial charge in [-0.3, -0.25) is 9.59 Å². The van der Waals surface area contributed by atoms with Gasteiger partial charge in [0.2, 0.25) is 5.91 Å². The minimum atomic E-state index is -0.435. The molecule has 0 spiro atoms. The molecule has 1 rings (SSSR count). The summed E-state index contributed by atoms with van der Waals surface area (Å²) in [7, 11) is 0. The Morgan fingerprint density at radius 2 is 2.24 bits per heavy atom. The van der Waals surface area contributed by atoms with Gasteiger partial charge in [0.25, 0.3) is 5.91 Å². The number of nitrogens with one attached hydrogen (secondary N) is 2. The highest BCUT2D eigenvalue weighted by molar-refractivity contribution is 7.08. The molecule has 3 N–H and O–H groups in total. The molecule has 0 saturated carbocycles. The zero-order valence-corrected chi connectivity index (χ0v) is 10.4. The molecular weight excluding hydrogens is 240 g/mol. The Labute approximate surface area is 104 Å². The second-order valence-electron chi connectivity index (χ2n) is 3.68. The second kappa shape index (κ2) is 7.03. The molecule has 1 aromatic heterocycles. The largest absolute Gasteiger partial charge is 0.393 e. The van der Waals surface area contributed by atoms with Gasteiger partial charge in [-0.25, -0.2) is 0 Å². The Balaban J connectivity index is 2.18. The van der Waals surface area contributed by atoms with Crippen molar-refractivity contribution in [3.8, 4) is 0 Å². The van der Waals surface area contributed by atoms with Crippen LogP contribution >= 0.6 is 11.3 Å². The molecule has 0 aromatic carbocycles. The second-order valence-corrected chi connectivity index (χ2v) is 4.46. The Kier molecular flexibility index (Phi) is 5.65. The number of amides is 2. The van der Waals surface area contributed by atoms with Crippen molar-refractivity contribution in [3.05, 3.63) is 22.4 Å². The first-order chi connectivity index (χ1) is 8.09. The quantitative estimate of drug-likeness (QED) is 0.688. The molecule has 0 aliphatic heterocycles. The van der Waals surface area contributed by atoms with Crippen molar-refractivity contribution in [2.75, 3.05) is 13.1 Å². The summed E-state index contributed by atoms with van der Waals surface area (Å²) in [5.74, 6) is -0.508. The van der Waals surface area contributed by atoms with Crippen molar-refractivity contribution in [3.63, 3.8) is 0 Å². The molecule has 1 aromatic rings. The standard InChI is InChI=1S/C11H16N2O3S/c1-8(14)2-4-12-10(15)6-13-11(16)9-3-5-17-7-9/h3,5,7-8,14H,2,4,6H2,1H3,(H,12,15)(H,13,16). The van der Waals surface area contributed by atoms with Crippen molar-refractivity contribution in [1.29, 1.82) is 0 Å². The summed E-state index contributed by atoms with van der Waals surface area (Å²) in [6.45, 7) is 2.02. The summed E-state index contributed by atoms with van der Waals surface area (Å²) in [6.07, 6.45) is 0.0696. The van der Waals surface area contributed by atoms with E-state index in [2.05, 4.69) is 10.6 Å². The average molecular weight is 256 g/mol. The smallest absolute Gasteiger partial charge is 0.252 e. The van der Waals surface area contributed by atoms with Gasteiger partial charge in [-0.05, 0) is 24.8 Å². The Morgan fingerprint density at radius 1 is 1.47 bits per heavy atom. The monoisotopic (exact) mass is 256 g/mol. The molecule has 0 saturated heterocycles. The van der Waals surface area contributed by atoms with Gasteiger partial charge >= 0.3 is 0 Å². The van der Waals surface area contributed by atoms with Crippen molar-refractivity contribution >= 4 is 23.2 Å². The summed E-state index contributed by atoms with van der Waals surface area (Å²) >= 11 is 1.43.